The van der Waals surface area contributed by atoms with Crippen molar-refractivity contribution < 1.29 is 0 Å². The lowest BCUT2D eigenvalue weighted by Crippen LogP contribution is -2.40. The molecule has 0 radical (unpaired) electrons. The average Bonchev–Trinajstić information content (AvgIpc) is 3.36. The summed E-state index contributed by atoms with van der Waals surface area (Å²) in [7, 11) is 0. The lowest BCUT2D eigenvalue weighted by molar-refractivity contribution is 0.191. The average molecular weight is 477 g/mol. The molecule has 1 unspecified atom stereocenters. The fourth-order valence-electron chi connectivity index (χ4n) is 4.14. The maximum absolute atomic E-state index is 4.86. The maximum atomic E-state index is 4.86. The molecule has 0 aromatic heterocycles. The summed E-state index contributed by atoms with van der Waals surface area (Å²) in [5, 5.41) is 6.95. The normalized spacial score (nSPS) is 25.9. The van der Waals surface area contributed by atoms with Crippen LogP contribution in [0.2, 0.25) is 0 Å². The number of halogens is 1. The lowest BCUT2D eigenvalue weighted by atomic mass is 9.99. The van der Waals surface area contributed by atoms with Crippen molar-refractivity contribution in [3.63, 3.8) is 0 Å². The van der Waals surface area contributed by atoms with Gasteiger partial charge in [-0.15, -0.1) is 24.0 Å². The second-order valence-corrected chi connectivity index (χ2v) is 8.40. The van der Waals surface area contributed by atoms with Crippen molar-refractivity contribution in [2.45, 2.75) is 58.4 Å². The molecule has 2 aliphatic heterocycles. The minimum Gasteiger partial charge on any atom is -0.357 e. The first-order valence-corrected chi connectivity index (χ1v) is 10.7. The molecule has 6 heteroatoms. The molecule has 3 fully saturated rings. The van der Waals surface area contributed by atoms with Gasteiger partial charge < -0.3 is 20.4 Å². The van der Waals surface area contributed by atoms with Gasteiger partial charge in [-0.05, 0) is 83.5 Å². The van der Waals surface area contributed by atoms with Crippen LogP contribution >= 0.6 is 24.0 Å². The largest absolute Gasteiger partial charge is 0.357 e. The number of guanidine groups is 1. The molecule has 5 nitrogen and oxygen atoms in total. The van der Waals surface area contributed by atoms with Crippen LogP contribution in [-0.2, 0) is 0 Å². The molecule has 26 heavy (non-hydrogen) atoms. The van der Waals surface area contributed by atoms with Crippen molar-refractivity contribution in [2.75, 3.05) is 52.4 Å². The van der Waals surface area contributed by atoms with Crippen LogP contribution in [0.4, 0.5) is 0 Å². The van der Waals surface area contributed by atoms with Crippen molar-refractivity contribution >= 4 is 29.9 Å². The van der Waals surface area contributed by atoms with Gasteiger partial charge in [-0.2, -0.15) is 0 Å². The van der Waals surface area contributed by atoms with E-state index in [0.29, 0.717) is 0 Å². The quantitative estimate of drug-likeness (QED) is 0.244. The Morgan fingerprint density at radius 3 is 2.50 bits per heavy atom. The maximum Gasteiger partial charge on any atom is 0.191 e. The van der Waals surface area contributed by atoms with Crippen LogP contribution in [0.5, 0.6) is 0 Å². The van der Waals surface area contributed by atoms with Gasteiger partial charge in [-0.1, -0.05) is 6.92 Å². The molecular weight excluding hydrogens is 437 g/mol. The van der Waals surface area contributed by atoms with E-state index in [1.165, 1.54) is 71.2 Å². The third kappa shape index (κ3) is 7.50. The molecule has 3 aliphatic rings. The first kappa shape index (κ1) is 22.2. The molecule has 0 aromatic rings. The fourth-order valence-corrected chi connectivity index (χ4v) is 4.14. The third-order valence-corrected chi connectivity index (χ3v) is 6.05. The second-order valence-electron chi connectivity index (χ2n) is 8.40. The summed E-state index contributed by atoms with van der Waals surface area (Å²) in [4.78, 5) is 10.2. The Balaban J connectivity index is 0.00000243. The number of hydrogen-bond acceptors (Lipinski definition) is 3. The van der Waals surface area contributed by atoms with Crippen molar-refractivity contribution in [3.8, 4) is 0 Å². The van der Waals surface area contributed by atoms with Crippen LogP contribution in [0.1, 0.15) is 52.4 Å². The molecule has 0 spiro atoms. The predicted octanol–water partition coefficient (Wildman–Crippen LogP) is 2.77. The van der Waals surface area contributed by atoms with E-state index in [9.17, 15) is 0 Å². The zero-order valence-electron chi connectivity index (χ0n) is 16.9. The molecule has 2 heterocycles. The number of nitrogens with zero attached hydrogens (tertiary/aromatic N) is 3. The summed E-state index contributed by atoms with van der Waals surface area (Å²) < 4.78 is 0. The highest BCUT2D eigenvalue weighted by Crippen LogP contribution is 2.31. The molecule has 1 saturated carbocycles. The standard InChI is InChI=1S/C20H39N5.HI/c1-3-21-20(22-10-4-11-24-12-7-17(2)8-13-24)23-15-18-9-14-25(16-18)19-5-6-19;/h17-19H,3-16H2,1-2H3,(H2,21,22,23);1H. The summed E-state index contributed by atoms with van der Waals surface area (Å²) in [6.07, 6.45) is 8.13. The molecule has 0 bridgehead atoms. The fraction of sp³-hybridized carbons (Fsp3) is 0.950. The molecule has 2 N–H and O–H groups in total. The van der Waals surface area contributed by atoms with Gasteiger partial charge in [0.05, 0.1) is 0 Å². The van der Waals surface area contributed by atoms with Gasteiger partial charge in [-0.3, -0.25) is 4.99 Å². The Hall–Kier alpha value is -0.0800. The lowest BCUT2D eigenvalue weighted by Gasteiger charge is -2.30. The monoisotopic (exact) mass is 477 g/mol. The zero-order chi connectivity index (χ0) is 17.5. The highest BCUT2D eigenvalue weighted by Gasteiger charge is 2.34. The molecule has 152 valence electrons. The van der Waals surface area contributed by atoms with Gasteiger partial charge >= 0.3 is 0 Å². The van der Waals surface area contributed by atoms with E-state index in [2.05, 4.69) is 34.3 Å². The first-order chi connectivity index (χ1) is 12.2. The Bertz CT molecular complexity index is 418. The van der Waals surface area contributed by atoms with Gasteiger partial charge in [0.2, 0.25) is 0 Å². The van der Waals surface area contributed by atoms with E-state index in [0.717, 1.165) is 43.5 Å². The molecule has 1 aliphatic carbocycles. The first-order valence-electron chi connectivity index (χ1n) is 10.7. The Morgan fingerprint density at radius 2 is 1.81 bits per heavy atom. The molecule has 1 atom stereocenters. The van der Waals surface area contributed by atoms with Crippen LogP contribution < -0.4 is 10.6 Å². The molecule has 3 rings (SSSR count). The van der Waals surface area contributed by atoms with Crippen LogP contribution in [0.25, 0.3) is 0 Å². The molecule has 0 amide bonds. The number of rotatable bonds is 8. The topological polar surface area (TPSA) is 42.9 Å². The Labute approximate surface area is 177 Å². The predicted molar refractivity (Wildman–Crippen MR) is 122 cm³/mol. The van der Waals surface area contributed by atoms with Crippen molar-refractivity contribution in [1.82, 2.24) is 20.4 Å². The van der Waals surface area contributed by atoms with Crippen LogP contribution in [0, 0.1) is 11.8 Å². The Kier molecular flexibility index (Phi) is 9.99. The summed E-state index contributed by atoms with van der Waals surface area (Å²) in [6, 6.07) is 0.915. The van der Waals surface area contributed by atoms with E-state index in [-0.39, 0.29) is 24.0 Å². The summed E-state index contributed by atoms with van der Waals surface area (Å²) >= 11 is 0. The van der Waals surface area contributed by atoms with Crippen LogP contribution in [0.15, 0.2) is 4.99 Å². The van der Waals surface area contributed by atoms with Crippen LogP contribution in [0.3, 0.4) is 0 Å². The number of aliphatic imine (C=N–C) groups is 1. The van der Waals surface area contributed by atoms with Gasteiger partial charge in [0.1, 0.15) is 0 Å². The van der Waals surface area contributed by atoms with E-state index < -0.39 is 0 Å². The van der Waals surface area contributed by atoms with Gasteiger partial charge in [-0.25, -0.2) is 0 Å². The number of likely N-dealkylation sites (tertiary alicyclic amines) is 2. The highest BCUT2D eigenvalue weighted by molar-refractivity contribution is 14.0. The van der Waals surface area contributed by atoms with Crippen molar-refractivity contribution in [3.05, 3.63) is 0 Å². The highest BCUT2D eigenvalue weighted by atomic mass is 127. The number of nitrogens with one attached hydrogen (secondary N) is 2. The SMILES string of the molecule is CCNC(=NCC1CCN(C2CC2)C1)NCCCN1CCC(C)CC1.I. The number of piperidine rings is 1. The summed E-state index contributed by atoms with van der Waals surface area (Å²) in [5.74, 6) is 2.69. The smallest absolute Gasteiger partial charge is 0.191 e. The third-order valence-electron chi connectivity index (χ3n) is 6.05. The summed E-state index contributed by atoms with van der Waals surface area (Å²) in [5.41, 5.74) is 0. The second kappa shape index (κ2) is 11.7. The van der Waals surface area contributed by atoms with Crippen molar-refractivity contribution in [1.29, 1.82) is 0 Å². The van der Waals surface area contributed by atoms with Crippen LogP contribution in [-0.4, -0.2) is 74.2 Å². The van der Waals surface area contributed by atoms with Gasteiger partial charge in [0, 0.05) is 32.2 Å². The molecule has 0 aromatic carbocycles. The van der Waals surface area contributed by atoms with Gasteiger partial charge in [0.15, 0.2) is 5.96 Å². The minimum atomic E-state index is 0. The number of hydrogen-bond donors (Lipinski definition) is 2. The van der Waals surface area contributed by atoms with E-state index in [1.807, 2.05) is 0 Å². The van der Waals surface area contributed by atoms with E-state index in [1.54, 1.807) is 0 Å². The molecular formula is C20H40IN5. The minimum absolute atomic E-state index is 0. The van der Waals surface area contributed by atoms with Gasteiger partial charge in [0.25, 0.3) is 0 Å². The Morgan fingerprint density at radius 1 is 1.04 bits per heavy atom. The zero-order valence-corrected chi connectivity index (χ0v) is 19.2. The summed E-state index contributed by atoms with van der Waals surface area (Å²) in [6.45, 7) is 13.8. The van der Waals surface area contributed by atoms with E-state index >= 15 is 0 Å². The van der Waals surface area contributed by atoms with E-state index in [4.69, 9.17) is 4.99 Å². The van der Waals surface area contributed by atoms with Crippen molar-refractivity contribution in [2.24, 2.45) is 16.8 Å². The molecule has 2 saturated heterocycles.